The average Bonchev–Trinajstić information content (AvgIpc) is 2.69. The van der Waals surface area contributed by atoms with E-state index in [0.29, 0.717) is 6.54 Å². The van der Waals surface area contributed by atoms with Gasteiger partial charge in [-0.15, -0.1) is 0 Å². The number of nitrogens with one attached hydrogen (secondary N) is 1. The summed E-state index contributed by atoms with van der Waals surface area (Å²) in [6, 6.07) is 8.42. The second kappa shape index (κ2) is 4.94. The van der Waals surface area contributed by atoms with Gasteiger partial charge in [-0.05, 0) is 11.6 Å². The number of nitrogens with zero attached hydrogens (tertiary/aromatic N) is 1. The monoisotopic (exact) mass is 244 g/mol. The zero-order valence-electron chi connectivity index (χ0n) is 11.2. The van der Waals surface area contributed by atoms with Gasteiger partial charge in [0, 0.05) is 36.1 Å². The number of fused-ring (bicyclic) bond motifs is 1. The Kier molecular flexibility index (Phi) is 3.53. The molecule has 0 bridgehead atoms. The standard InChI is InChI=1S/C15H20N2O/c1-15(2,11-16-8-9-18)13-10-17(3)14-7-5-4-6-12(13)14/h4-7,9-10,16H,8,11H2,1-3H3. The van der Waals surface area contributed by atoms with Crippen molar-refractivity contribution in [3.05, 3.63) is 36.0 Å². The SMILES string of the molecule is Cn1cc(C(C)(C)CNCC=O)c2ccccc21. The first kappa shape index (κ1) is 12.8. The second-order valence-corrected chi connectivity index (χ2v) is 5.35. The van der Waals surface area contributed by atoms with Crippen LogP contribution in [-0.2, 0) is 17.3 Å². The number of aromatic nitrogens is 1. The molecule has 0 amide bonds. The minimum Gasteiger partial charge on any atom is -0.350 e. The molecular weight excluding hydrogens is 224 g/mol. The number of carbonyl (C=O) groups is 1. The van der Waals surface area contributed by atoms with E-state index in [1.165, 1.54) is 16.5 Å². The fraction of sp³-hybridized carbons (Fsp3) is 0.400. The summed E-state index contributed by atoms with van der Waals surface area (Å²) >= 11 is 0. The molecule has 2 aromatic rings. The molecule has 0 radical (unpaired) electrons. The van der Waals surface area contributed by atoms with Crippen LogP contribution in [0.2, 0.25) is 0 Å². The van der Waals surface area contributed by atoms with Crippen LogP contribution in [0.4, 0.5) is 0 Å². The largest absolute Gasteiger partial charge is 0.350 e. The summed E-state index contributed by atoms with van der Waals surface area (Å²) in [5, 5.41) is 4.46. The highest BCUT2D eigenvalue weighted by Gasteiger charge is 2.24. The maximum Gasteiger partial charge on any atom is 0.133 e. The third-order valence-corrected chi connectivity index (χ3v) is 3.42. The van der Waals surface area contributed by atoms with Gasteiger partial charge in [0.1, 0.15) is 6.29 Å². The number of aldehydes is 1. The van der Waals surface area contributed by atoms with Crippen molar-refractivity contribution in [1.29, 1.82) is 0 Å². The third kappa shape index (κ3) is 2.31. The highest BCUT2D eigenvalue weighted by molar-refractivity contribution is 5.85. The number of hydrogen-bond acceptors (Lipinski definition) is 2. The van der Waals surface area contributed by atoms with Crippen molar-refractivity contribution >= 4 is 17.2 Å². The van der Waals surface area contributed by atoms with E-state index in [0.717, 1.165) is 12.8 Å². The topological polar surface area (TPSA) is 34.0 Å². The Morgan fingerprint density at radius 2 is 2.06 bits per heavy atom. The molecule has 0 saturated heterocycles. The van der Waals surface area contributed by atoms with Gasteiger partial charge >= 0.3 is 0 Å². The average molecular weight is 244 g/mol. The van der Waals surface area contributed by atoms with Gasteiger partial charge in [-0.2, -0.15) is 0 Å². The van der Waals surface area contributed by atoms with Crippen molar-refractivity contribution in [1.82, 2.24) is 9.88 Å². The first-order chi connectivity index (χ1) is 8.56. The highest BCUT2D eigenvalue weighted by Crippen LogP contribution is 2.31. The predicted molar refractivity (Wildman–Crippen MR) is 74.9 cm³/mol. The van der Waals surface area contributed by atoms with E-state index in [2.05, 4.69) is 61.2 Å². The predicted octanol–water partition coefficient (Wildman–Crippen LogP) is 2.24. The molecule has 0 fully saturated rings. The van der Waals surface area contributed by atoms with Crippen LogP contribution in [0.15, 0.2) is 30.5 Å². The smallest absolute Gasteiger partial charge is 0.133 e. The minimum absolute atomic E-state index is 0.00384. The first-order valence-electron chi connectivity index (χ1n) is 6.25. The van der Waals surface area contributed by atoms with Gasteiger partial charge in [0.25, 0.3) is 0 Å². The van der Waals surface area contributed by atoms with E-state index < -0.39 is 0 Å². The van der Waals surface area contributed by atoms with Gasteiger partial charge in [0.05, 0.1) is 6.54 Å². The van der Waals surface area contributed by atoms with Crippen molar-refractivity contribution in [3.8, 4) is 0 Å². The number of hydrogen-bond donors (Lipinski definition) is 1. The summed E-state index contributed by atoms with van der Waals surface area (Å²) in [6.07, 6.45) is 3.09. The molecule has 0 spiro atoms. The molecule has 2 rings (SSSR count). The molecule has 3 nitrogen and oxygen atoms in total. The van der Waals surface area contributed by atoms with Crippen molar-refractivity contribution in [2.45, 2.75) is 19.3 Å². The molecule has 0 aliphatic carbocycles. The van der Waals surface area contributed by atoms with Crippen molar-refractivity contribution < 1.29 is 4.79 Å². The lowest BCUT2D eigenvalue weighted by molar-refractivity contribution is -0.107. The van der Waals surface area contributed by atoms with E-state index in [-0.39, 0.29) is 5.41 Å². The Labute approximate surface area is 108 Å². The zero-order valence-corrected chi connectivity index (χ0v) is 11.2. The molecule has 0 atom stereocenters. The van der Waals surface area contributed by atoms with Crippen LogP contribution in [0.5, 0.6) is 0 Å². The Morgan fingerprint density at radius 3 is 2.78 bits per heavy atom. The Balaban J connectivity index is 2.37. The van der Waals surface area contributed by atoms with Crippen molar-refractivity contribution in [2.75, 3.05) is 13.1 Å². The van der Waals surface area contributed by atoms with E-state index in [1.54, 1.807) is 0 Å². The number of carbonyl (C=O) groups excluding carboxylic acids is 1. The lowest BCUT2D eigenvalue weighted by Crippen LogP contribution is -2.33. The number of para-hydroxylation sites is 1. The Hall–Kier alpha value is -1.61. The molecule has 1 aromatic heterocycles. The summed E-state index contributed by atoms with van der Waals surface area (Å²) in [4.78, 5) is 10.4. The van der Waals surface area contributed by atoms with Crippen LogP contribution in [-0.4, -0.2) is 23.9 Å². The quantitative estimate of drug-likeness (QED) is 0.646. The molecule has 96 valence electrons. The van der Waals surface area contributed by atoms with Crippen LogP contribution >= 0.6 is 0 Å². The van der Waals surface area contributed by atoms with Gasteiger partial charge < -0.3 is 14.7 Å². The number of rotatable bonds is 5. The molecule has 1 aromatic carbocycles. The number of benzene rings is 1. The van der Waals surface area contributed by atoms with E-state index >= 15 is 0 Å². The van der Waals surface area contributed by atoms with E-state index in [4.69, 9.17) is 0 Å². The normalized spacial score (nSPS) is 11.9. The van der Waals surface area contributed by atoms with Gasteiger partial charge in [-0.25, -0.2) is 0 Å². The summed E-state index contributed by atoms with van der Waals surface area (Å²) in [7, 11) is 2.07. The molecule has 0 aliphatic heterocycles. The van der Waals surface area contributed by atoms with Crippen LogP contribution in [0, 0.1) is 0 Å². The van der Waals surface area contributed by atoms with Crippen LogP contribution in [0.1, 0.15) is 19.4 Å². The summed E-state index contributed by atoms with van der Waals surface area (Å²) in [5.74, 6) is 0. The molecule has 0 unspecified atom stereocenters. The van der Waals surface area contributed by atoms with Gasteiger partial charge in [-0.1, -0.05) is 32.0 Å². The lowest BCUT2D eigenvalue weighted by Gasteiger charge is -2.24. The van der Waals surface area contributed by atoms with Crippen molar-refractivity contribution in [3.63, 3.8) is 0 Å². The first-order valence-corrected chi connectivity index (χ1v) is 6.25. The van der Waals surface area contributed by atoms with Crippen LogP contribution in [0.25, 0.3) is 10.9 Å². The van der Waals surface area contributed by atoms with Crippen LogP contribution in [0.3, 0.4) is 0 Å². The van der Waals surface area contributed by atoms with Gasteiger partial charge in [0.2, 0.25) is 0 Å². The molecular formula is C15H20N2O. The molecule has 18 heavy (non-hydrogen) atoms. The summed E-state index contributed by atoms with van der Waals surface area (Å²) < 4.78 is 2.16. The Bertz CT molecular complexity index is 555. The lowest BCUT2D eigenvalue weighted by atomic mass is 9.84. The molecule has 3 heteroatoms. The van der Waals surface area contributed by atoms with Crippen LogP contribution < -0.4 is 5.32 Å². The molecule has 1 N–H and O–H groups in total. The minimum atomic E-state index is 0.00384. The Morgan fingerprint density at radius 1 is 1.33 bits per heavy atom. The van der Waals surface area contributed by atoms with Gasteiger partial charge in [-0.3, -0.25) is 0 Å². The van der Waals surface area contributed by atoms with E-state index in [1.807, 2.05) is 0 Å². The summed E-state index contributed by atoms with van der Waals surface area (Å²) in [6.45, 7) is 5.60. The fourth-order valence-electron chi connectivity index (χ4n) is 2.42. The molecule has 0 aliphatic rings. The van der Waals surface area contributed by atoms with Gasteiger partial charge in [0.15, 0.2) is 0 Å². The molecule has 1 heterocycles. The summed E-state index contributed by atoms with van der Waals surface area (Å²) in [5.41, 5.74) is 2.57. The molecule has 0 saturated carbocycles. The fourth-order valence-corrected chi connectivity index (χ4v) is 2.42. The maximum absolute atomic E-state index is 10.4. The number of aryl methyl sites for hydroxylation is 1. The second-order valence-electron chi connectivity index (χ2n) is 5.35. The zero-order chi connectivity index (χ0) is 13.2. The third-order valence-electron chi connectivity index (χ3n) is 3.42. The maximum atomic E-state index is 10.4. The van der Waals surface area contributed by atoms with Crippen molar-refractivity contribution in [2.24, 2.45) is 7.05 Å². The highest BCUT2D eigenvalue weighted by atomic mass is 16.1. The van der Waals surface area contributed by atoms with E-state index in [9.17, 15) is 4.79 Å².